The second kappa shape index (κ2) is 5.88. The summed E-state index contributed by atoms with van der Waals surface area (Å²) >= 11 is 0. The van der Waals surface area contributed by atoms with Gasteiger partial charge in [0.1, 0.15) is 0 Å². The molecule has 0 radical (unpaired) electrons. The number of carbonyl (C=O) groups is 1. The van der Waals surface area contributed by atoms with Gasteiger partial charge in [0.05, 0.1) is 6.10 Å². The third-order valence-corrected chi connectivity index (χ3v) is 5.56. The highest BCUT2D eigenvalue weighted by molar-refractivity contribution is 5.80. The largest absolute Gasteiger partial charge is 0.393 e. The predicted octanol–water partition coefficient (Wildman–Crippen LogP) is 2.74. The molecule has 112 valence electrons. The van der Waals surface area contributed by atoms with E-state index in [-0.39, 0.29) is 12.0 Å². The fourth-order valence-electron chi connectivity index (χ4n) is 4.39. The molecule has 1 saturated heterocycles. The molecule has 0 unspecified atom stereocenters. The Balaban J connectivity index is 1.69. The Kier molecular flexibility index (Phi) is 4.16. The minimum absolute atomic E-state index is 0.175. The van der Waals surface area contributed by atoms with Gasteiger partial charge >= 0.3 is 0 Å². The van der Waals surface area contributed by atoms with Crippen LogP contribution >= 0.6 is 0 Å². The van der Waals surface area contributed by atoms with E-state index in [0.29, 0.717) is 23.8 Å². The number of hydrogen-bond donors (Lipinski definition) is 1. The van der Waals surface area contributed by atoms with Gasteiger partial charge in [-0.05, 0) is 50.9 Å². The monoisotopic (exact) mass is 277 g/mol. The number of hydrogen-bond acceptors (Lipinski definition) is 2. The zero-order chi connectivity index (χ0) is 14.1. The van der Waals surface area contributed by atoms with E-state index >= 15 is 0 Å². The number of aliphatic hydroxyl groups is 1. The minimum Gasteiger partial charge on any atom is -0.393 e. The fraction of sp³-hybridized carbons (Fsp3) is 0.824. The van der Waals surface area contributed by atoms with E-state index < -0.39 is 0 Å². The van der Waals surface area contributed by atoms with Gasteiger partial charge in [-0.2, -0.15) is 0 Å². The third kappa shape index (κ3) is 2.65. The second-order valence-electron chi connectivity index (χ2n) is 7.03. The molecule has 1 aliphatic heterocycles. The predicted molar refractivity (Wildman–Crippen MR) is 79.1 cm³/mol. The van der Waals surface area contributed by atoms with E-state index in [1.807, 2.05) is 0 Å². The minimum atomic E-state index is -0.202. The summed E-state index contributed by atoms with van der Waals surface area (Å²) in [7, 11) is 0. The molecule has 4 atom stereocenters. The summed E-state index contributed by atoms with van der Waals surface area (Å²) in [5.41, 5.74) is 0. The Bertz CT molecular complexity index is 384. The average molecular weight is 277 g/mol. The lowest BCUT2D eigenvalue weighted by molar-refractivity contribution is -0.138. The molecule has 0 aromatic carbocycles. The molecule has 20 heavy (non-hydrogen) atoms. The number of aliphatic hydroxyl groups excluding tert-OH is 1. The lowest BCUT2D eigenvalue weighted by Gasteiger charge is -2.40. The molecule has 3 aliphatic rings. The molecular weight excluding hydrogens is 250 g/mol. The molecule has 0 bridgehead atoms. The maximum absolute atomic E-state index is 12.7. The van der Waals surface area contributed by atoms with Crippen LogP contribution in [-0.2, 0) is 4.79 Å². The number of amides is 1. The summed E-state index contributed by atoms with van der Waals surface area (Å²) in [6.07, 6.45) is 11.2. The standard InChI is InChI=1S/C17H27NO2/c1-12-8-9-16(19)14(11-12)15-7-4-10-18(15)17(20)13-5-2-3-6-13/h2-3,12-16,19H,4-11H2,1H3/t12-,14+,15-,16+/m1/s1. The highest BCUT2D eigenvalue weighted by atomic mass is 16.3. The van der Waals surface area contributed by atoms with Crippen LogP contribution in [-0.4, -0.2) is 34.6 Å². The number of carbonyl (C=O) groups excluding carboxylic acids is 1. The zero-order valence-electron chi connectivity index (χ0n) is 12.5. The van der Waals surface area contributed by atoms with Crippen LogP contribution in [0.4, 0.5) is 0 Å². The Hall–Kier alpha value is -0.830. The van der Waals surface area contributed by atoms with Crippen LogP contribution in [0.5, 0.6) is 0 Å². The summed E-state index contributed by atoms with van der Waals surface area (Å²) in [5, 5.41) is 10.4. The highest BCUT2D eigenvalue weighted by Crippen LogP contribution is 2.38. The normalized spacial score (nSPS) is 38.6. The number of nitrogens with zero attached hydrogens (tertiary/aromatic N) is 1. The van der Waals surface area contributed by atoms with Gasteiger partial charge in [0.15, 0.2) is 0 Å². The van der Waals surface area contributed by atoms with E-state index in [9.17, 15) is 9.90 Å². The maximum Gasteiger partial charge on any atom is 0.226 e. The van der Waals surface area contributed by atoms with E-state index in [0.717, 1.165) is 51.5 Å². The first-order valence-corrected chi connectivity index (χ1v) is 8.30. The summed E-state index contributed by atoms with van der Waals surface area (Å²) < 4.78 is 0. The molecule has 3 nitrogen and oxygen atoms in total. The van der Waals surface area contributed by atoms with Gasteiger partial charge in [-0.3, -0.25) is 4.79 Å². The van der Waals surface area contributed by atoms with Crippen molar-refractivity contribution in [2.24, 2.45) is 17.8 Å². The van der Waals surface area contributed by atoms with Crippen molar-refractivity contribution in [2.45, 2.75) is 64.0 Å². The molecule has 0 aromatic heterocycles. The molecule has 1 heterocycles. The number of likely N-dealkylation sites (tertiary alicyclic amines) is 1. The molecule has 1 amide bonds. The van der Waals surface area contributed by atoms with Crippen molar-refractivity contribution in [2.75, 3.05) is 6.54 Å². The van der Waals surface area contributed by atoms with Crippen LogP contribution in [0, 0.1) is 17.8 Å². The Morgan fingerprint density at radius 3 is 2.70 bits per heavy atom. The lowest BCUT2D eigenvalue weighted by Crippen LogP contribution is -2.47. The van der Waals surface area contributed by atoms with Gasteiger partial charge in [-0.1, -0.05) is 19.1 Å². The van der Waals surface area contributed by atoms with Gasteiger partial charge in [0.25, 0.3) is 0 Å². The highest BCUT2D eigenvalue weighted by Gasteiger charge is 2.41. The Labute approximate surface area is 122 Å². The summed E-state index contributed by atoms with van der Waals surface area (Å²) in [6, 6.07) is 0.292. The first-order valence-electron chi connectivity index (χ1n) is 8.30. The first kappa shape index (κ1) is 14.1. The van der Waals surface area contributed by atoms with Crippen molar-refractivity contribution < 1.29 is 9.90 Å². The zero-order valence-corrected chi connectivity index (χ0v) is 12.5. The average Bonchev–Trinajstić information content (AvgIpc) is 3.11. The van der Waals surface area contributed by atoms with Crippen LogP contribution in [0.25, 0.3) is 0 Å². The SMILES string of the molecule is C[C@@H]1CC[C@H](O)[C@H]([C@H]2CCCN2C(=O)C2CC=CC2)C1. The van der Waals surface area contributed by atoms with Crippen LogP contribution < -0.4 is 0 Å². The summed E-state index contributed by atoms with van der Waals surface area (Å²) in [6.45, 7) is 3.18. The molecule has 0 spiro atoms. The fourth-order valence-corrected chi connectivity index (χ4v) is 4.39. The van der Waals surface area contributed by atoms with Crippen LogP contribution in [0.15, 0.2) is 12.2 Å². The van der Waals surface area contributed by atoms with Gasteiger partial charge in [-0.15, -0.1) is 0 Å². The molecule has 3 rings (SSSR count). The smallest absolute Gasteiger partial charge is 0.226 e. The molecular formula is C17H27NO2. The van der Waals surface area contributed by atoms with Crippen molar-refractivity contribution in [3.63, 3.8) is 0 Å². The number of rotatable bonds is 2. The van der Waals surface area contributed by atoms with Crippen LogP contribution in [0.2, 0.25) is 0 Å². The third-order valence-electron chi connectivity index (χ3n) is 5.56. The van der Waals surface area contributed by atoms with Crippen molar-refractivity contribution in [1.82, 2.24) is 4.90 Å². The Morgan fingerprint density at radius 2 is 1.95 bits per heavy atom. The first-order chi connectivity index (χ1) is 9.66. The van der Waals surface area contributed by atoms with Crippen LogP contribution in [0.3, 0.4) is 0 Å². The van der Waals surface area contributed by atoms with Gasteiger partial charge in [0, 0.05) is 24.4 Å². The topological polar surface area (TPSA) is 40.5 Å². The molecule has 2 fully saturated rings. The van der Waals surface area contributed by atoms with E-state index in [1.54, 1.807) is 0 Å². The molecule has 2 aliphatic carbocycles. The summed E-state index contributed by atoms with van der Waals surface area (Å²) in [5.74, 6) is 1.50. The van der Waals surface area contributed by atoms with Crippen LogP contribution in [0.1, 0.15) is 51.9 Å². The van der Waals surface area contributed by atoms with Gasteiger partial charge < -0.3 is 10.0 Å². The van der Waals surface area contributed by atoms with Crippen molar-refractivity contribution >= 4 is 5.91 Å². The molecule has 0 aromatic rings. The molecule has 1 saturated carbocycles. The molecule has 3 heteroatoms. The van der Waals surface area contributed by atoms with Crippen molar-refractivity contribution in [3.8, 4) is 0 Å². The van der Waals surface area contributed by atoms with Crippen molar-refractivity contribution in [3.05, 3.63) is 12.2 Å². The Morgan fingerprint density at radius 1 is 1.20 bits per heavy atom. The van der Waals surface area contributed by atoms with E-state index in [1.165, 1.54) is 0 Å². The van der Waals surface area contributed by atoms with E-state index in [2.05, 4.69) is 24.0 Å². The van der Waals surface area contributed by atoms with Gasteiger partial charge in [0.2, 0.25) is 5.91 Å². The number of allylic oxidation sites excluding steroid dienone is 2. The lowest BCUT2D eigenvalue weighted by atomic mass is 9.76. The van der Waals surface area contributed by atoms with E-state index in [4.69, 9.17) is 0 Å². The van der Waals surface area contributed by atoms with Gasteiger partial charge in [-0.25, -0.2) is 0 Å². The van der Waals surface area contributed by atoms with Crippen molar-refractivity contribution in [1.29, 1.82) is 0 Å². The molecule has 1 N–H and O–H groups in total. The quantitative estimate of drug-likeness (QED) is 0.788. The summed E-state index contributed by atoms with van der Waals surface area (Å²) in [4.78, 5) is 14.8. The second-order valence-corrected chi connectivity index (χ2v) is 7.03. The maximum atomic E-state index is 12.7.